The summed E-state index contributed by atoms with van der Waals surface area (Å²) in [5.74, 6) is 0.697. The summed E-state index contributed by atoms with van der Waals surface area (Å²) in [4.78, 5) is 12.5. The van der Waals surface area contributed by atoms with Gasteiger partial charge in [0.25, 0.3) is 0 Å². The van der Waals surface area contributed by atoms with Crippen LogP contribution in [0.5, 0.6) is 5.75 Å². The van der Waals surface area contributed by atoms with E-state index in [1.54, 1.807) is 36.4 Å². The second-order valence-electron chi connectivity index (χ2n) is 6.29. The van der Waals surface area contributed by atoms with Crippen LogP contribution in [-0.4, -0.2) is 5.78 Å². The van der Waals surface area contributed by atoms with E-state index < -0.39 is 0 Å². The van der Waals surface area contributed by atoms with Gasteiger partial charge in [0.1, 0.15) is 12.4 Å². The van der Waals surface area contributed by atoms with Crippen LogP contribution in [0.2, 0.25) is 5.02 Å². The van der Waals surface area contributed by atoms with E-state index in [4.69, 9.17) is 16.3 Å². The van der Waals surface area contributed by atoms with Gasteiger partial charge in [0.05, 0.1) is 0 Å². The first-order valence-corrected chi connectivity index (χ1v) is 9.08. The van der Waals surface area contributed by atoms with E-state index in [-0.39, 0.29) is 5.78 Å². The molecule has 4 aromatic rings. The molecule has 0 N–H and O–H groups in total. The fourth-order valence-corrected chi connectivity index (χ4v) is 3.18. The maximum atomic E-state index is 12.5. The Morgan fingerprint density at radius 3 is 2.11 bits per heavy atom. The molecule has 4 aromatic carbocycles. The number of benzene rings is 4. The van der Waals surface area contributed by atoms with Gasteiger partial charge >= 0.3 is 0 Å². The molecule has 0 spiro atoms. The van der Waals surface area contributed by atoms with Crippen LogP contribution in [0.3, 0.4) is 0 Å². The average Bonchev–Trinajstić information content (AvgIpc) is 2.72. The zero-order valence-electron chi connectivity index (χ0n) is 14.6. The van der Waals surface area contributed by atoms with E-state index in [0.29, 0.717) is 22.8 Å². The Morgan fingerprint density at radius 2 is 1.37 bits per heavy atom. The summed E-state index contributed by atoms with van der Waals surface area (Å²) in [7, 11) is 0. The minimum absolute atomic E-state index is 0.0349. The van der Waals surface area contributed by atoms with Gasteiger partial charge in [-0.1, -0.05) is 54.1 Å². The van der Waals surface area contributed by atoms with Crippen LogP contribution >= 0.6 is 11.6 Å². The van der Waals surface area contributed by atoms with E-state index in [9.17, 15) is 4.79 Å². The summed E-state index contributed by atoms with van der Waals surface area (Å²) in [6.07, 6.45) is 0. The minimum Gasteiger partial charge on any atom is -0.489 e. The van der Waals surface area contributed by atoms with E-state index in [1.807, 2.05) is 30.3 Å². The quantitative estimate of drug-likeness (QED) is 0.384. The maximum Gasteiger partial charge on any atom is 0.193 e. The van der Waals surface area contributed by atoms with Crippen molar-refractivity contribution in [3.05, 3.63) is 113 Å². The highest BCUT2D eigenvalue weighted by atomic mass is 35.5. The van der Waals surface area contributed by atoms with Gasteiger partial charge in [0, 0.05) is 16.1 Å². The van der Waals surface area contributed by atoms with Gasteiger partial charge in [0.15, 0.2) is 5.78 Å². The topological polar surface area (TPSA) is 26.3 Å². The highest BCUT2D eigenvalue weighted by molar-refractivity contribution is 6.30. The molecule has 0 unspecified atom stereocenters. The number of ketones is 1. The number of hydrogen-bond acceptors (Lipinski definition) is 2. The van der Waals surface area contributed by atoms with Crippen molar-refractivity contribution in [3.8, 4) is 5.75 Å². The van der Waals surface area contributed by atoms with Gasteiger partial charge in [-0.15, -0.1) is 0 Å². The number of rotatable bonds is 5. The summed E-state index contributed by atoms with van der Waals surface area (Å²) >= 11 is 5.88. The third-order valence-electron chi connectivity index (χ3n) is 4.50. The van der Waals surface area contributed by atoms with E-state index in [1.165, 1.54) is 10.8 Å². The second kappa shape index (κ2) is 7.65. The largest absolute Gasteiger partial charge is 0.489 e. The first-order valence-electron chi connectivity index (χ1n) is 8.70. The van der Waals surface area contributed by atoms with E-state index in [2.05, 4.69) is 24.3 Å². The SMILES string of the molecule is O=C(c1ccc(Cl)cc1)c1ccc(OCc2cccc3ccccc23)cc1. The molecule has 3 heteroatoms. The molecule has 0 radical (unpaired) electrons. The van der Waals surface area contributed by atoms with E-state index in [0.717, 1.165) is 11.3 Å². The molecular formula is C24H17ClO2. The molecule has 0 aliphatic carbocycles. The Hall–Kier alpha value is -3.10. The molecular weight excluding hydrogens is 356 g/mol. The second-order valence-corrected chi connectivity index (χ2v) is 6.72. The molecule has 0 amide bonds. The lowest BCUT2D eigenvalue weighted by Gasteiger charge is -2.10. The van der Waals surface area contributed by atoms with Crippen molar-refractivity contribution in [2.24, 2.45) is 0 Å². The fourth-order valence-electron chi connectivity index (χ4n) is 3.05. The zero-order chi connectivity index (χ0) is 18.6. The standard InChI is InChI=1S/C24H17ClO2/c25-21-12-8-18(9-13-21)24(26)19-10-14-22(15-11-19)27-16-20-6-3-5-17-4-1-2-7-23(17)20/h1-15H,16H2. The smallest absolute Gasteiger partial charge is 0.193 e. The third-order valence-corrected chi connectivity index (χ3v) is 4.75. The Labute approximate surface area is 163 Å². The number of hydrogen-bond donors (Lipinski definition) is 0. The van der Waals surface area contributed by atoms with Crippen LogP contribution < -0.4 is 4.74 Å². The molecule has 2 nitrogen and oxygen atoms in total. The van der Waals surface area contributed by atoms with E-state index >= 15 is 0 Å². The predicted molar refractivity (Wildman–Crippen MR) is 110 cm³/mol. The number of carbonyl (C=O) groups excluding carboxylic acids is 1. The minimum atomic E-state index is -0.0349. The van der Waals surface area contributed by atoms with Crippen LogP contribution in [0.15, 0.2) is 91.0 Å². The summed E-state index contributed by atoms with van der Waals surface area (Å²) in [6, 6.07) is 28.6. The van der Waals surface area contributed by atoms with Crippen molar-refractivity contribution in [2.45, 2.75) is 6.61 Å². The van der Waals surface area contributed by atoms with Crippen molar-refractivity contribution in [1.82, 2.24) is 0 Å². The Morgan fingerprint density at radius 1 is 0.741 bits per heavy atom. The van der Waals surface area contributed by atoms with Crippen LogP contribution in [0, 0.1) is 0 Å². The molecule has 0 aliphatic heterocycles. The number of ether oxygens (including phenoxy) is 1. The summed E-state index contributed by atoms with van der Waals surface area (Å²) in [5, 5.41) is 3.00. The number of fused-ring (bicyclic) bond motifs is 1. The van der Waals surface area contributed by atoms with Gasteiger partial charge in [-0.2, -0.15) is 0 Å². The van der Waals surface area contributed by atoms with Gasteiger partial charge in [-0.3, -0.25) is 4.79 Å². The first kappa shape index (κ1) is 17.3. The molecule has 27 heavy (non-hydrogen) atoms. The van der Waals surface area contributed by atoms with Gasteiger partial charge < -0.3 is 4.74 Å². The van der Waals surface area contributed by atoms with Crippen LogP contribution in [0.25, 0.3) is 10.8 Å². The number of halogens is 1. The Kier molecular flexibility index (Phi) is 4.91. The van der Waals surface area contributed by atoms with Crippen molar-refractivity contribution in [2.75, 3.05) is 0 Å². The molecule has 0 aliphatic rings. The summed E-state index contributed by atoms with van der Waals surface area (Å²) in [5.41, 5.74) is 2.37. The Bertz CT molecular complexity index is 1080. The molecule has 0 bridgehead atoms. The molecule has 4 rings (SSSR count). The van der Waals surface area contributed by atoms with Crippen molar-refractivity contribution in [3.63, 3.8) is 0 Å². The first-order chi connectivity index (χ1) is 13.2. The normalized spacial score (nSPS) is 10.7. The molecule has 0 heterocycles. The molecule has 0 saturated heterocycles. The Balaban J connectivity index is 1.48. The lowest BCUT2D eigenvalue weighted by molar-refractivity contribution is 0.103. The molecule has 0 aromatic heterocycles. The van der Waals surface area contributed by atoms with Gasteiger partial charge in [-0.05, 0) is 64.9 Å². The van der Waals surface area contributed by atoms with Crippen molar-refractivity contribution < 1.29 is 9.53 Å². The fraction of sp³-hybridized carbons (Fsp3) is 0.0417. The zero-order valence-corrected chi connectivity index (χ0v) is 15.3. The van der Waals surface area contributed by atoms with Crippen LogP contribution in [0.1, 0.15) is 21.5 Å². The van der Waals surface area contributed by atoms with Gasteiger partial charge in [0.2, 0.25) is 0 Å². The highest BCUT2D eigenvalue weighted by Crippen LogP contribution is 2.22. The summed E-state index contributed by atoms with van der Waals surface area (Å²) < 4.78 is 5.93. The van der Waals surface area contributed by atoms with Crippen LogP contribution in [-0.2, 0) is 6.61 Å². The maximum absolute atomic E-state index is 12.5. The predicted octanol–water partition coefficient (Wildman–Crippen LogP) is 6.30. The molecule has 0 saturated carbocycles. The average molecular weight is 373 g/mol. The summed E-state index contributed by atoms with van der Waals surface area (Å²) in [6.45, 7) is 0.478. The molecule has 0 fully saturated rings. The molecule has 0 atom stereocenters. The highest BCUT2D eigenvalue weighted by Gasteiger charge is 2.09. The number of carbonyl (C=O) groups is 1. The third kappa shape index (κ3) is 3.86. The lowest BCUT2D eigenvalue weighted by atomic mass is 10.0. The lowest BCUT2D eigenvalue weighted by Crippen LogP contribution is -2.01. The van der Waals surface area contributed by atoms with Gasteiger partial charge in [-0.25, -0.2) is 0 Å². The molecule has 132 valence electrons. The van der Waals surface area contributed by atoms with Crippen molar-refractivity contribution in [1.29, 1.82) is 0 Å². The monoisotopic (exact) mass is 372 g/mol. The van der Waals surface area contributed by atoms with Crippen LogP contribution in [0.4, 0.5) is 0 Å². The van der Waals surface area contributed by atoms with Crippen molar-refractivity contribution >= 4 is 28.2 Å².